The highest BCUT2D eigenvalue weighted by molar-refractivity contribution is 7.98. The van der Waals surface area contributed by atoms with Gasteiger partial charge in [-0.25, -0.2) is 4.98 Å². The van der Waals surface area contributed by atoms with Crippen LogP contribution in [0.25, 0.3) is 10.2 Å². The first kappa shape index (κ1) is 21.2. The van der Waals surface area contributed by atoms with Gasteiger partial charge in [-0.15, -0.1) is 11.8 Å². The van der Waals surface area contributed by atoms with E-state index in [1.807, 2.05) is 44.6 Å². The molecule has 1 aromatic heterocycles. The van der Waals surface area contributed by atoms with Gasteiger partial charge in [0.1, 0.15) is 0 Å². The van der Waals surface area contributed by atoms with E-state index in [1.54, 1.807) is 22.7 Å². The van der Waals surface area contributed by atoms with Crippen LogP contribution in [0, 0.1) is 10.1 Å². The van der Waals surface area contributed by atoms with E-state index in [1.165, 1.54) is 23.5 Å². The highest BCUT2D eigenvalue weighted by atomic mass is 32.2. The van der Waals surface area contributed by atoms with Crippen LogP contribution in [0.2, 0.25) is 0 Å². The number of fused-ring (bicyclic) bond motifs is 1. The monoisotopic (exact) mass is 430 g/mol. The van der Waals surface area contributed by atoms with Crippen LogP contribution in [-0.4, -0.2) is 54.2 Å². The molecule has 152 valence electrons. The van der Waals surface area contributed by atoms with Crippen molar-refractivity contribution in [3.8, 4) is 0 Å². The number of nitro groups is 1. The maximum atomic E-state index is 13.2. The van der Waals surface area contributed by atoms with Gasteiger partial charge in [0, 0.05) is 29.1 Å². The fourth-order valence-electron chi connectivity index (χ4n) is 2.85. The highest BCUT2D eigenvalue weighted by Crippen LogP contribution is 2.32. The summed E-state index contributed by atoms with van der Waals surface area (Å²) in [6.07, 6.45) is 2.78. The highest BCUT2D eigenvalue weighted by Gasteiger charge is 2.22. The lowest BCUT2D eigenvalue weighted by atomic mass is 10.2. The molecular weight excluding hydrogens is 408 g/mol. The summed E-state index contributed by atoms with van der Waals surface area (Å²) in [6.45, 7) is 1.36. The Morgan fingerprint density at radius 1 is 1.17 bits per heavy atom. The molecule has 1 amide bonds. The molecule has 7 nitrogen and oxygen atoms in total. The molecule has 9 heteroatoms. The van der Waals surface area contributed by atoms with E-state index in [-0.39, 0.29) is 11.6 Å². The normalized spacial score (nSPS) is 11.2. The topological polar surface area (TPSA) is 79.6 Å². The van der Waals surface area contributed by atoms with Crippen LogP contribution in [-0.2, 0) is 0 Å². The minimum atomic E-state index is -0.424. The summed E-state index contributed by atoms with van der Waals surface area (Å²) >= 11 is 2.92. The molecule has 3 rings (SSSR count). The second-order valence-electron chi connectivity index (χ2n) is 6.75. The van der Waals surface area contributed by atoms with E-state index in [4.69, 9.17) is 0 Å². The molecule has 0 bridgehead atoms. The molecule has 0 N–H and O–H groups in total. The maximum Gasteiger partial charge on any atom is 0.270 e. The number of aromatic nitrogens is 1. The second kappa shape index (κ2) is 9.34. The average molecular weight is 431 g/mol. The number of thioether (sulfide) groups is 1. The summed E-state index contributed by atoms with van der Waals surface area (Å²) in [4.78, 5) is 33.3. The maximum absolute atomic E-state index is 13.2. The quantitative estimate of drug-likeness (QED) is 0.297. The van der Waals surface area contributed by atoms with E-state index < -0.39 is 4.92 Å². The SMILES string of the molecule is CSc1ccc(C(=O)N(CCCN(C)C)c2nc3ccc([N+](=O)[O-])cc3s2)cc1. The van der Waals surface area contributed by atoms with E-state index in [9.17, 15) is 14.9 Å². The average Bonchev–Trinajstić information content (AvgIpc) is 3.13. The fraction of sp³-hybridized carbons (Fsp3) is 0.300. The number of carbonyl (C=O) groups excluding carboxylic acids is 1. The molecule has 29 heavy (non-hydrogen) atoms. The molecule has 0 spiro atoms. The van der Waals surface area contributed by atoms with Crippen molar-refractivity contribution >= 4 is 50.0 Å². The molecule has 0 aliphatic carbocycles. The minimum Gasteiger partial charge on any atom is -0.309 e. The number of amides is 1. The van der Waals surface area contributed by atoms with E-state index in [0.717, 1.165) is 17.9 Å². The lowest BCUT2D eigenvalue weighted by molar-refractivity contribution is -0.384. The minimum absolute atomic E-state index is 0.0193. The molecule has 0 atom stereocenters. The second-order valence-corrected chi connectivity index (χ2v) is 8.64. The summed E-state index contributed by atoms with van der Waals surface area (Å²) in [5, 5.41) is 11.6. The number of benzene rings is 2. The van der Waals surface area contributed by atoms with Gasteiger partial charge in [0.05, 0.1) is 15.1 Å². The van der Waals surface area contributed by atoms with E-state index in [2.05, 4.69) is 9.88 Å². The van der Waals surface area contributed by atoms with E-state index in [0.29, 0.717) is 27.5 Å². The molecule has 0 radical (unpaired) electrons. The number of hydrogen-bond acceptors (Lipinski definition) is 7. The summed E-state index contributed by atoms with van der Waals surface area (Å²) in [7, 11) is 3.98. The number of carbonyl (C=O) groups is 1. The zero-order valence-electron chi connectivity index (χ0n) is 16.5. The number of thiazole rings is 1. The summed E-state index contributed by atoms with van der Waals surface area (Å²) < 4.78 is 0.692. The molecule has 2 aromatic carbocycles. The molecule has 0 saturated heterocycles. The summed E-state index contributed by atoms with van der Waals surface area (Å²) in [5.41, 5.74) is 1.27. The molecular formula is C20H22N4O3S2. The van der Waals surface area contributed by atoms with Crippen molar-refractivity contribution in [3.05, 3.63) is 58.1 Å². The van der Waals surface area contributed by atoms with Gasteiger partial charge in [-0.2, -0.15) is 0 Å². The number of hydrogen-bond donors (Lipinski definition) is 0. The van der Waals surface area contributed by atoms with Gasteiger partial charge in [-0.1, -0.05) is 11.3 Å². The summed E-state index contributed by atoms with van der Waals surface area (Å²) in [6, 6.07) is 12.1. The third-order valence-corrected chi connectivity index (χ3v) is 6.16. The molecule has 0 aliphatic heterocycles. The van der Waals surface area contributed by atoms with Gasteiger partial charge >= 0.3 is 0 Å². The molecule has 1 heterocycles. The third-order valence-electron chi connectivity index (χ3n) is 4.37. The predicted octanol–water partition coefficient (Wildman–Crippen LogP) is 4.52. The number of non-ortho nitro benzene ring substituents is 1. The van der Waals surface area contributed by atoms with Crippen molar-refractivity contribution in [3.63, 3.8) is 0 Å². The largest absolute Gasteiger partial charge is 0.309 e. The Labute approximate surface area is 177 Å². The third kappa shape index (κ3) is 5.11. The van der Waals surface area contributed by atoms with Crippen LogP contribution >= 0.6 is 23.1 Å². The van der Waals surface area contributed by atoms with Crippen molar-refractivity contribution < 1.29 is 9.72 Å². The van der Waals surface area contributed by atoms with Crippen LogP contribution in [0.5, 0.6) is 0 Å². The van der Waals surface area contributed by atoms with Gasteiger partial charge < -0.3 is 4.90 Å². The van der Waals surface area contributed by atoms with Crippen molar-refractivity contribution in [2.75, 3.05) is 38.3 Å². The predicted molar refractivity (Wildman–Crippen MR) is 119 cm³/mol. The smallest absolute Gasteiger partial charge is 0.270 e. The Kier molecular flexibility index (Phi) is 6.83. The number of rotatable bonds is 8. The molecule has 0 unspecified atom stereocenters. The first-order valence-electron chi connectivity index (χ1n) is 9.04. The Hall–Kier alpha value is -2.49. The van der Waals surface area contributed by atoms with Crippen LogP contribution in [0.15, 0.2) is 47.4 Å². The lowest BCUT2D eigenvalue weighted by Gasteiger charge is -2.21. The van der Waals surface area contributed by atoms with Gasteiger partial charge in [-0.05, 0) is 63.6 Å². The van der Waals surface area contributed by atoms with Crippen LogP contribution in [0.4, 0.5) is 10.8 Å². The number of nitro benzene ring substituents is 1. The van der Waals surface area contributed by atoms with Gasteiger partial charge in [-0.3, -0.25) is 19.8 Å². The van der Waals surface area contributed by atoms with Crippen molar-refractivity contribution in [1.82, 2.24) is 9.88 Å². The van der Waals surface area contributed by atoms with E-state index >= 15 is 0 Å². The van der Waals surface area contributed by atoms with Crippen LogP contribution < -0.4 is 4.90 Å². The van der Waals surface area contributed by atoms with Crippen LogP contribution in [0.3, 0.4) is 0 Å². The zero-order chi connectivity index (χ0) is 21.0. The Balaban J connectivity index is 1.94. The Bertz CT molecular complexity index is 1020. The van der Waals surface area contributed by atoms with Gasteiger partial charge in [0.15, 0.2) is 5.13 Å². The lowest BCUT2D eigenvalue weighted by Crippen LogP contribution is -2.33. The Morgan fingerprint density at radius 2 is 1.90 bits per heavy atom. The zero-order valence-corrected chi connectivity index (χ0v) is 18.1. The van der Waals surface area contributed by atoms with Crippen LogP contribution in [0.1, 0.15) is 16.8 Å². The first-order chi connectivity index (χ1) is 13.9. The fourth-order valence-corrected chi connectivity index (χ4v) is 4.28. The molecule has 0 saturated carbocycles. The van der Waals surface area contributed by atoms with Gasteiger partial charge in [0.2, 0.25) is 0 Å². The number of anilines is 1. The number of nitrogens with zero attached hydrogens (tertiary/aromatic N) is 4. The first-order valence-corrected chi connectivity index (χ1v) is 11.1. The van der Waals surface area contributed by atoms with Crippen molar-refractivity contribution in [2.45, 2.75) is 11.3 Å². The molecule has 3 aromatic rings. The molecule has 0 fully saturated rings. The Morgan fingerprint density at radius 3 is 2.52 bits per heavy atom. The van der Waals surface area contributed by atoms with Crippen molar-refractivity contribution in [1.29, 1.82) is 0 Å². The standard InChI is InChI=1S/C20H22N4O3S2/c1-22(2)11-4-12-23(19(25)14-5-8-16(28-3)9-6-14)20-21-17-10-7-15(24(26)27)13-18(17)29-20/h5-10,13H,4,11-12H2,1-3H3. The summed E-state index contributed by atoms with van der Waals surface area (Å²) in [5.74, 6) is -0.120. The van der Waals surface area contributed by atoms with Crippen molar-refractivity contribution in [2.24, 2.45) is 0 Å². The van der Waals surface area contributed by atoms with Gasteiger partial charge in [0.25, 0.3) is 11.6 Å². The molecule has 0 aliphatic rings.